The van der Waals surface area contributed by atoms with E-state index in [9.17, 15) is 0 Å². The van der Waals surface area contributed by atoms with E-state index in [2.05, 4.69) is 24.2 Å². The lowest BCUT2D eigenvalue weighted by atomic mass is 9.85. The minimum Gasteiger partial charge on any atom is -0.319 e. The van der Waals surface area contributed by atoms with E-state index in [1.54, 1.807) is 0 Å². The molecule has 0 amide bonds. The van der Waals surface area contributed by atoms with Crippen molar-refractivity contribution in [2.75, 3.05) is 13.6 Å². The number of hydrogen-bond donors (Lipinski definition) is 1. The van der Waals surface area contributed by atoms with Crippen molar-refractivity contribution in [2.24, 2.45) is 11.8 Å². The average Bonchev–Trinajstić information content (AvgIpc) is 2.41. The van der Waals surface area contributed by atoms with Crippen molar-refractivity contribution in [3.05, 3.63) is 0 Å². The highest BCUT2D eigenvalue weighted by atomic mass is 14.8. The molecule has 14 heavy (non-hydrogen) atoms. The van der Waals surface area contributed by atoms with Gasteiger partial charge in [-0.25, -0.2) is 0 Å². The van der Waals surface area contributed by atoms with Crippen molar-refractivity contribution < 1.29 is 0 Å². The zero-order valence-corrected chi connectivity index (χ0v) is 9.60. The first kappa shape index (κ1) is 11.6. The van der Waals surface area contributed by atoms with Gasteiger partial charge in [-0.15, -0.1) is 11.8 Å². The highest BCUT2D eigenvalue weighted by Gasteiger charge is 2.21. The van der Waals surface area contributed by atoms with Crippen molar-refractivity contribution in [3.8, 4) is 11.8 Å². The Morgan fingerprint density at radius 3 is 2.50 bits per heavy atom. The SMILES string of the molecule is CC#CCC1CCCCCC1CNC. The fourth-order valence-corrected chi connectivity index (χ4v) is 2.49. The van der Waals surface area contributed by atoms with Crippen LogP contribution in [-0.2, 0) is 0 Å². The summed E-state index contributed by atoms with van der Waals surface area (Å²) in [6.07, 6.45) is 8.16. The molecule has 1 nitrogen and oxygen atoms in total. The molecular weight excluding hydrogens is 170 g/mol. The fourth-order valence-electron chi connectivity index (χ4n) is 2.49. The Kier molecular flexibility index (Phi) is 5.71. The summed E-state index contributed by atoms with van der Waals surface area (Å²) in [5, 5.41) is 3.32. The third-order valence-electron chi connectivity index (χ3n) is 3.32. The molecule has 1 rings (SSSR count). The first-order valence-corrected chi connectivity index (χ1v) is 5.92. The monoisotopic (exact) mass is 193 g/mol. The van der Waals surface area contributed by atoms with Gasteiger partial charge in [0, 0.05) is 6.42 Å². The number of hydrogen-bond acceptors (Lipinski definition) is 1. The van der Waals surface area contributed by atoms with E-state index in [0.717, 1.165) is 18.3 Å². The Labute approximate surface area is 88.7 Å². The maximum absolute atomic E-state index is 3.32. The Balaban J connectivity index is 2.47. The van der Waals surface area contributed by atoms with E-state index >= 15 is 0 Å². The van der Waals surface area contributed by atoms with Gasteiger partial charge < -0.3 is 5.32 Å². The third kappa shape index (κ3) is 3.72. The predicted molar refractivity (Wildman–Crippen MR) is 62.1 cm³/mol. The molecule has 0 radical (unpaired) electrons. The summed E-state index contributed by atoms with van der Waals surface area (Å²) in [5.74, 6) is 7.99. The second-order valence-electron chi connectivity index (χ2n) is 4.35. The van der Waals surface area contributed by atoms with Crippen LogP contribution < -0.4 is 5.32 Å². The van der Waals surface area contributed by atoms with Crippen LogP contribution in [0.3, 0.4) is 0 Å². The normalized spacial score (nSPS) is 27.6. The Morgan fingerprint density at radius 1 is 1.14 bits per heavy atom. The van der Waals surface area contributed by atoms with Crippen molar-refractivity contribution in [1.82, 2.24) is 5.32 Å². The van der Waals surface area contributed by atoms with Crippen LogP contribution in [0.5, 0.6) is 0 Å². The lowest BCUT2D eigenvalue weighted by Crippen LogP contribution is -2.25. The number of nitrogens with one attached hydrogen (secondary N) is 1. The average molecular weight is 193 g/mol. The van der Waals surface area contributed by atoms with Crippen molar-refractivity contribution in [2.45, 2.75) is 45.4 Å². The molecule has 0 aromatic rings. The first-order chi connectivity index (χ1) is 6.88. The Morgan fingerprint density at radius 2 is 1.86 bits per heavy atom. The van der Waals surface area contributed by atoms with E-state index < -0.39 is 0 Å². The molecule has 2 unspecified atom stereocenters. The van der Waals surface area contributed by atoms with Gasteiger partial charge in [0.1, 0.15) is 0 Å². The summed E-state index contributed by atoms with van der Waals surface area (Å²) in [4.78, 5) is 0. The molecule has 0 aliphatic heterocycles. The van der Waals surface area contributed by atoms with Gasteiger partial charge in [-0.2, -0.15) is 0 Å². The van der Waals surface area contributed by atoms with Gasteiger partial charge in [-0.05, 0) is 45.2 Å². The molecule has 1 heteroatoms. The molecule has 80 valence electrons. The van der Waals surface area contributed by atoms with E-state index in [1.807, 2.05) is 6.92 Å². The predicted octanol–water partition coefficient (Wildman–Crippen LogP) is 2.82. The smallest absolute Gasteiger partial charge is 0.0120 e. The fraction of sp³-hybridized carbons (Fsp3) is 0.846. The van der Waals surface area contributed by atoms with E-state index in [1.165, 1.54) is 38.6 Å². The summed E-state index contributed by atoms with van der Waals surface area (Å²) >= 11 is 0. The van der Waals surface area contributed by atoms with Gasteiger partial charge in [-0.3, -0.25) is 0 Å². The van der Waals surface area contributed by atoms with Crippen LogP contribution >= 0.6 is 0 Å². The van der Waals surface area contributed by atoms with E-state index in [-0.39, 0.29) is 0 Å². The van der Waals surface area contributed by atoms with Crippen molar-refractivity contribution in [1.29, 1.82) is 0 Å². The minimum absolute atomic E-state index is 0.845. The lowest BCUT2D eigenvalue weighted by molar-refractivity contribution is 0.311. The van der Waals surface area contributed by atoms with E-state index in [4.69, 9.17) is 0 Å². The van der Waals surface area contributed by atoms with E-state index in [0.29, 0.717) is 0 Å². The molecule has 1 saturated carbocycles. The molecule has 0 spiro atoms. The molecule has 1 N–H and O–H groups in total. The molecular formula is C13H23N. The topological polar surface area (TPSA) is 12.0 Å². The Hall–Kier alpha value is -0.480. The van der Waals surface area contributed by atoms with Crippen LogP contribution in [0.15, 0.2) is 0 Å². The van der Waals surface area contributed by atoms with Gasteiger partial charge in [-0.1, -0.05) is 19.3 Å². The molecule has 1 aliphatic rings. The van der Waals surface area contributed by atoms with Gasteiger partial charge in [0.15, 0.2) is 0 Å². The van der Waals surface area contributed by atoms with Gasteiger partial charge in [0.2, 0.25) is 0 Å². The summed E-state index contributed by atoms with van der Waals surface area (Å²) < 4.78 is 0. The van der Waals surface area contributed by atoms with Crippen LogP contribution in [0.1, 0.15) is 45.4 Å². The minimum atomic E-state index is 0.845. The highest BCUT2D eigenvalue weighted by molar-refractivity contribution is 4.97. The second kappa shape index (κ2) is 6.90. The first-order valence-electron chi connectivity index (χ1n) is 5.92. The van der Waals surface area contributed by atoms with Gasteiger partial charge >= 0.3 is 0 Å². The van der Waals surface area contributed by atoms with Crippen LogP contribution in [0.25, 0.3) is 0 Å². The molecule has 0 aromatic heterocycles. The van der Waals surface area contributed by atoms with Gasteiger partial charge in [0.05, 0.1) is 0 Å². The van der Waals surface area contributed by atoms with Crippen LogP contribution in [-0.4, -0.2) is 13.6 Å². The molecule has 1 aliphatic carbocycles. The quantitative estimate of drug-likeness (QED) is 0.537. The molecule has 0 heterocycles. The second-order valence-corrected chi connectivity index (χ2v) is 4.35. The van der Waals surface area contributed by atoms with Crippen LogP contribution in [0, 0.1) is 23.7 Å². The lowest BCUT2D eigenvalue weighted by Gasteiger charge is -2.22. The standard InChI is InChI=1S/C13H23N/c1-3-4-8-12-9-6-5-7-10-13(12)11-14-2/h12-14H,5-11H2,1-2H3. The number of rotatable bonds is 3. The summed E-state index contributed by atoms with van der Waals surface area (Å²) in [6.45, 7) is 3.12. The summed E-state index contributed by atoms with van der Waals surface area (Å²) in [7, 11) is 2.06. The van der Waals surface area contributed by atoms with Gasteiger partial charge in [0.25, 0.3) is 0 Å². The Bertz CT molecular complexity index is 199. The molecule has 0 saturated heterocycles. The van der Waals surface area contributed by atoms with Crippen LogP contribution in [0.2, 0.25) is 0 Å². The highest BCUT2D eigenvalue weighted by Crippen LogP contribution is 2.30. The maximum atomic E-state index is 3.32. The van der Waals surface area contributed by atoms with Crippen molar-refractivity contribution >= 4 is 0 Å². The van der Waals surface area contributed by atoms with Crippen LogP contribution in [0.4, 0.5) is 0 Å². The summed E-state index contributed by atoms with van der Waals surface area (Å²) in [5.41, 5.74) is 0. The molecule has 2 atom stereocenters. The zero-order chi connectivity index (χ0) is 10.2. The van der Waals surface area contributed by atoms with Crippen molar-refractivity contribution in [3.63, 3.8) is 0 Å². The maximum Gasteiger partial charge on any atom is 0.0120 e. The summed E-state index contributed by atoms with van der Waals surface area (Å²) in [6, 6.07) is 0. The molecule has 0 aromatic carbocycles. The largest absolute Gasteiger partial charge is 0.319 e. The third-order valence-corrected chi connectivity index (χ3v) is 3.32. The zero-order valence-electron chi connectivity index (χ0n) is 9.60. The molecule has 0 bridgehead atoms. The molecule has 1 fully saturated rings.